The fourth-order valence-electron chi connectivity index (χ4n) is 3.81. The zero-order valence-corrected chi connectivity index (χ0v) is 20.4. The minimum Gasteiger partial charge on any atom is -0.486 e. The van der Waals surface area contributed by atoms with Crippen molar-refractivity contribution in [2.75, 3.05) is 13.2 Å². The van der Waals surface area contributed by atoms with Gasteiger partial charge in [-0.3, -0.25) is 4.79 Å². The van der Waals surface area contributed by atoms with Gasteiger partial charge in [0.25, 0.3) is 5.91 Å². The van der Waals surface area contributed by atoms with Crippen LogP contribution in [-0.4, -0.2) is 24.1 Å². The quantitative estimate of drug-likeness (QED) is 0.313. The van der Waals surface area contributed by atoms with E-state index in [2.05, 4.69) is 22.4 Å². The van der Waals surface area contributed by atoms with Crippen molar-refractivity contribution >= 4 is 17.7 Å². The molecule has 6 nitrogen and oxygen atoms in total. The first kappa shape index (κ1) is 23.1. The number of rotatable bonds is 7. The predicted octanol–water partition coefficient (Wildman–Crippen LogP) is 6.20. The SMILES string of the molecule is Cc1oc(-c2ccc(C(=O)NC(C)c3ccc4c(c3)OCCO4)cc2)nc1CSc1ccccc1. The standard InChI is InChI=1S/C28H26N2O4S/c1-18(22-12-13-25-26(16-22)33-15-14-32-25)29-27(31)20-8-10-21(11-9-20)28-30-24(19(2)34-28)17-35-23-6-4-3-5-7-23/h3-13,16,18H,14-15,17H2,1-2H3,(H,29,31). The normalized spacial score (nSPS) is 13.3. The van der Waals surface area contributed by atoms with Crippen molar-refractivity contribution in [1.29, 1.82) is 0 Å². The Balaban J connectivity index is 1.23. The van der Waals surface area contributed by atoms with Crippen LogP contribution < -0.4 is 14.8 Å². The molecule has 35 heavy (non-hydrogen) atoms. The van der Waals surface area contributed by atoms with E-state index < -0.39 is 0 Å². The lowest BCUT2D eigenvalue weighted by Crippen LogP contribution is -2.26. The first-order valence-electron chi connectivity index (χ1n) is 11.5. The third kappa shape index (κ3) is 5.35. The van der Waals surface area contributed by atoms with Crippen LogP contribution in [0.25, 0.3) is 11.5 Å². The molecule has 1 aromatic heterocycles. The summed E-state index contributed by atoms with van der Waals surface area (Å²) < 4.78 is 17.1. The highest BCUT2D eigenvalue weighted by Gasteiger charge is 2.17. The van der Waals surface area contributed by atoms with Crippen molar-refractivity contribution < 1.29 is 18.7 Å². The first-order chi connectivity index (χ1) is 17.1. The number of carbonyl (C=O) groups is 1. The summed E-state index contributed by atoms with van der Waals surface area (Å²) in [6, 6.07) is 23.1. The molecule has 1 N–H and O–H groups in total. The van der Waals surface area contributed by atoms with Gasteiger partial charge in [0.05, 0.1) is 11.7 Å². The summed E-state index contributed by atoms with van der Waals surface area (Å²) in [6.07, 6.45) is 0. The van der Waals surface area contributed by atoms with Crippen LogP contribution in [0.1, 0.15) is 40.3 Å². The van der Waals surface area contributed by atoms with Crippen LogP contribution in [0.3, 0.4) is 0 Å². The Morgan fingerprint density at radius 3 is 2.51 bits per heavy atom. The van der Waals surface area contributed by atoms with Gasteiger partial charge in [-0.05, 0) is 67.9 Å². The van der Waals surface area contributed by atoms with Crippen LogP contribution in [0, 0.1) is 6.92 Å². The number of ether oxygens (including phenoxy) is 2. The number of thioether (sulfide) groups is 1. The van der Waals surface area contributed by atoms with Crippen molar-refractivity contribution in [3.63, 3.8) is 0 Å². The highest BCUT2D eigenvalue weighted by molar-refractivity contribution is 7.98. The molecular formula is C28H26N2O4S. The van der Waals surface area contributed by atoms with Crippen molar-refractivity contribution in [3.8, 4) is 23.0 Å². The largest absolute Gasteiger partial charge is 0.486 e. The van der Waals surface area contributed by atoms with Gasteiger partial charge in [-0.15, -0.1) is 11.8 Å². The van der Waals surface area contributed by atoms with Crippen LogP contribution in [0.15, 0.2) is 82.1 Å². The Bertz CT molecular complexity index is 1320. The number of fused-ring (bicyclic) bond motifs is 1. The van der Waals surface area contributed by atoms with Crippen molar-refractivity contribution in [1.82, 2.24) is 10.3 Å². The molecule has 0 saturated carbocycles. The number of aryl methyl sites for hydroxylation is 1. The zero-order valence-electron chi connectivity index (χ0n) is 19.6. The second-order valence-electron chi connectivity index (χ2n) is 8.30. The molecule has 1 aliphatic rings. The lowest BCUT2D eigenvalue weighted by atomic mass is 10.1. The van der Waals surface area contributed by atoms with Crippen LogP contribution in [-0.2, 0) is 5.75 Å². The number of hydrogen-bond donors (Lipinski definition) is 1. The van der Waals surface area contributed by atoms with Crippen LogP contribution in [0.4, 0.5) is 0 Å². The number of oxazole rings is 1. The molecule has 5 rings (SSSR count). The Hall–Kier alpha value is -3.71. The Morgan fingerprint density at radius 2 is 1.74 bits per heavy atom. The minimum atomic E-state index is -0.183. The molecule has 0 fully saturated rings. The van der Waals surface area contributed by atoms with Gasteiger partial charge in [0.2, 0.25) is 5.89 Å². The summed E-state index contributed by atoms with van der Waals surface area (Å²) in [5.74, 6) is 3.39. The summed E-state index contributed by atoms with van der Waals surface area (Å²) in [4.78, 5) is 18.7. The Morgan fingerprint density at radius 1 is 1.00 bits per heavy atom. The number of aromatic nitrogens is 1. The zero-order chi connectivity index (χ0) is 24.2. The summed E-state index contributed by atoms with van der Waals surface area (Å²) in [5, 5.41) is 3.05. The number of hydrogen-bond acceptors (Lipinski definition) is 6. The van der Waals surface area contributed by atoms with Crippen molar-refractivity contribution in [2.45, 2.75) is 30.5 Å². The molecule has 0 bridgehead atoms. The van der Waals surface area contributed by atoms with Crippen molar-refractivity contribution in [3.05, 3.63) is 95.4 Å². The second kappa shape index (κ2) is 10.3. The average Bonchev–Trinajstić information content (AvgIpc) is 3.28. The van der Waals surface area contributed by atoms with Crippen LogP contribution >= 0.6 is 11.8 Å². The molecule has 3 aromatic carbocycles. The third-order valence-electron chi connectivity index (χ3n) is 5.82. The lowest BCUT2D eigenvalue weighted by molar-refractivity contribution is 0.0939. The monoisotopic (exact) mass is 486 g/mol. The lowest BCUT2D eigenvalue weighted by Gasteiger charge is -2.21. The van der Waals surface area contributed by atoms with Gasteiger partial charge in [-0.2, -0.15) is 0 Å². The molecule has 1 unspecified atom stereocenters. The van der Waals surface area contributed by atoms with E-state index >= 15 is 0 Å². The van der Waals surface area contributed by atoms with Gasteiger partial charge in [-0.1, -0.05) is 24.3 Å². The van der Waals surface area contributed by atoms with E-state index in [0.29, 0.717) is 30.4 Å². The predicted molar refractivity (Wildman–Crippen MR) is 136 cm³/mol. The van der Waals surface area contributed by atoms with Gasteiger partial charge in [0.1, 0.15) is 19.0 Å². The molecule has 4 aromatic rings. The highest BCUT2D eigenvalue weighted by Crippen LogP contribution is 2.33. The molecule has 0 saturated heterocycles. The molecule has 0 radical (unpaired) electrons. The first-order valence-corrected chi connectivity index (χ1v) is 12.5. The maximum atomic E-state index is 12.8. The number of benzene rings is 3. The Labute approximate surface area is 208 Å². The molecule has 1 atom stereocenters. The minimum absolute atomic E-state index is 0.150. The summed E-state index contributed by atoms with van der Waals surface area (Å²) in [7, 11) is 0. The molecule has 178 valence electrons. The molecule has 7 heteroatoms. The van der Waals surface area contributed by atoms with Gasteiger partial charge in [0.15, 0.2) is 11.5 Å². The molecule has 0 aliphatic carbocycles. The number of amides is 1. The molecule has 1 amide bonds. The molecule has 1 aliphatic heterocycles. The maximum absolute atomic E-state index is 12.8. The third-order valence-corrected chi connectivity index (χ3v) is 6.84. The average molecular weight is 487 g/mol. The van der Waals surface area contributed by atoms with E-state index in [-0.39, 0.29) is 11.9 Å². The smallest absolute Gasteiger partial charge is 0.251 e. The number of carbonyl (C=O) groups excluding carboxylic acids is 1. The topological polar surface area (TPSA) is 73.6 Å². The fourth-order valence-corrected chi connectivity index (χ4v) is 4.73. The van der Waals surface area contributed by atoms with Crippen molar-refractivity contribution in [2.24, 2.45) is 0 Å². The fraction of sp³-hybridized carbons (Fsp3) is 0.214. The van der Waals surface area contributed by atoms with Crippen LogP contribution in [0.2, 0.25) is 0 Å². The number of nitrogens with one attached hydrogen (secondary N) is 1. The highest BCUT2D eigenvalue weighted by atomic mass is 32.2. The molecular weight excluding hydrogens is 460 g/mol. The second-order valence-corrected chi connectivity index (χ2v) is 9.35. The summed E-state index contributed by atoms with van der Waals surface area (Å²) >= 11 is 1.72. The van der Waals surface area contributed by atoms with E-state index in [1.807, 2.05) is 62.4 Å². The Kier molecular flexibility index (Phi) is 6.77. The molecule has 0 spiro atoms. The van der Waals surface area contributed by atoms with Crippen LogP contribution in [0.5, 0.6) is 11.5 Å². The van der Waals surface area contributed by atoms with E-state index in [1.165, 1.54) is 4.90 Å². The van der Waals surface area contributed by atoms with E-state index in [4.69, 9.17) is 13.9 Å². The summed E-state index contributed by atoms with van der Waals surface area (Å²) in [6.45, 7) is 4.96. The van der Waals surface area contributed by atoms with Gasteiger partial charge in [0, 0.05) is 21.8 Å². The maximum Gasteiger partial charge on any atom is 0.251 e. The summed E-state index contributed by atoms with van der Waals surface area (Å²) in [5.41, 5.74) is 3.28. The molecule has 2 heterocycles. The van der Waals surface area contributed by atoms with Gasteiger partial charge in [-0.25, -0.2) is 4.98 Å². The number of nitrogens with zero attached hydrogens (tertiary/aromatic N) is 1. The van der Waals surface area contributed by atoms with E-state index in [0.717, 1.165) is 34.1 Å². The van der Waals surface area contributed by atoms with Gasteiger partial charge >= 0.3 is 0 Å². The van der Waals surface area contributed by atoms with E-state index in [1.54, 1.807) is 23.9 Å². The van der Waals surface area contributed by atoms with Gasteiger partial charge < -0.3 is 19.2 Å². The van der Waals surface area contributed by atoms with E-state index in [9.17, 15) is 4.79 Å².